The van der Waals surface area contributed by atoms with Gasteiger partial charge in [0.15, 0.2) is 15.0 Å². The molecule has 2 aromatic carbocycles. The molecule has 1 aliphatic heterocycles. The number of aliphatic imine (C=N–C) groups is 1. The van der Waals surface area contributed by atoms with Crippen LogP contribution in [0.15, 0.2) is 76.9 Å². The summed E-state index contributed by atoms with van der Waals surface area (Å²) in [5.74, 6) is -1.35. The molecule has 0 radical (unpaired) electrons. The average Bonchev–Trinajstić information content (AvgIpc) is 3.40. The van der Waals surface area contributed by atoms with Gasteiger partial charge < -0.3 is 15.2 Å². The molecule has 1 aromatic heterocycles. The highest BCUT2D eigenvalue weighted by Gasteiger charge is 2.31. The first-order chi connectivity index (χ1) is 18.5. The fourth-order valence-electron chi connectivity index (χ4n) is 3.92. The van der Waals surface area contributed by atoms with Gasteiger partial charge in [0.1, 0.15) is 12.4 Å². The molecule has 0 spiro atoms. The number of thioether (sulfide) groups is 1. The summed E-state index contributed by atoms with van der Waals surface area (Å²) in [7, 11) is -3.87. The van der Waals surface area contributed by atoms with E-state index in [1.54, 1.807) is 12.1 Å². The highest BCUT2D eigenvalue weighted by molar-refractivity contribution is 8.14. The van der Waals surface area contributed by atoms with Crippen LogP contribution in [-0.4, -0.2) is 47.7 Å². The molecule has 39 heavy (non-hydrogen) atoms. The molecule has 3 aromatic rings. The normalized spacial score (nSPS) is 14.5. The number of nitrogens with one attached hydrogen (secondary N) is 1. The number of ether oxygens (including phenoxy) is 1. The van der Waals surface area contributed by atoms with E-state index >= 15 is 0 Å². The average molecular weight is 580 g/mol. The van der Waals surface area contributed by atoms with E-state index in [0.29, 0.717) is 17.3 Å². The molecule has 0 saturated heterocycles. The minimum absolute atomic E-state index is 0.0328. The van der Waals surface area contributed by atoms with Gasteiger partial charge in [-0.1, -0.05) is 17.8 Å². The molecular formula is C26H24F3N3O5S2. The maximum Gasteiger partial charge on any atom is 0.416 e. The first kappa shape index (κ1) is 28.4. The fourth-order valence-corrected chi connectivity index (χ4v) is 6.25. The Hall–Kier alpha value is -3.58. The highest BCUT2D eigenvalue weighted by atomic mass is 32.2. The molecule has 8 nitrogen and oxygen atoms in total. The second kappa shape index (κ2) is 12.1. The van der Waals surface area contributed by atoms with Gasteiger partial charge in [-0.25, -0.2) is 8.42 Å². The number of sulfone groups is 1. The van der Waals surface area contributed by atoms with Crippen molar-refractivity contribution in [2.45, 2.75) is 30.0 Å². The summed E-state index contributed by atoms with van der Waals surface area (Å²) in [5.41, 5.74) is 0.167. The van der Waals surface area contributed by atoms with Crippen LogP contribution in [-0.2, 0) is 27.4 Å². The summed E-state index contributed by atoms with van der Waals surface area (Å²) in [6, 6.07) is 12.2. The van der Waals surface area contributed by atoms with Crippen molar-refractivity contribution >= 4 is 38.4 Å². The quantitative estimate of drug-likeness (QED) is 0.336. The number of aromatic nitrogens is 1. The van der Waals surface area contributed by atoms with Crippen LogP contribution in [0.5, 0.6) is 5.75 Å². The molecule has 0 saturated carbocycles. The van der Waals surface area contributed by atoms with Crippen LogP contribution in [0.3, 0.4) is 0 Å². The number of carbonyl (C=O) groups is 1. The number of pyridine rings is 1. The third-order valence-electron chi connectivity index (χ3n) is 5.74. The van der Waals surface area contributed by atoms with Crippen molar-refractivity contribution < 1.29 is 36.2 Å². The van der Waals surface area contributed by atoms with E-state index in [9.17, 15) is 31.5 Å². The highest BCUT2D eigenvalue weighted by Crippen LogP contribution is 2.33. The predicted octanol–water partition coefficient (Wildman–Crippen LogP) is 5.23. The zero-order chi connectivity index (χ0) is 28.0. The molecule has 1 atom stereocenters. The van der Waals surface area contributed by atoms with Gasteiger partial charge >= 0.3 is 12.1 Å². The third-order valence-corrected chi connectivity index (χ3v) is 8.47. The van der Waals surface area contributed by atoms with Crippen molar-refractivity contribution in [3.63, 3.8) is 0 Å². The van der Waals surface area contributed by atoms with Crippen molar-refractivity contribution in [2.24, 2.45) is 4.99 Å². The molecule has 0 bridgehead atoms. The van der Waals surface area contributed by atoms with E-state index in [4.69, 9.17) is 4.74 Å². The number of carboxylic acid groups (broad SMARTS) is 1. The fraction of sp³-hybridized carbons (Fsp3) is 0.269. The minimum Gasteiger partial charge on any atom is -0.489 e. The number of carboxylic acids is 1. The Morgan fingerprint density at radius 1 is 1.15 bits per heavy atom. The van der Waals surface area contributed by atoms with E-state index in [0.717, 1.165) is 17.9 Å². The monoisotopic (exact) mass is 579 g/mol. The standard InChI is InChI=1S/C26H24F3N3O5S2/c27-26(28,29)20-10-17(11-21(13-20)32-25-31-8-9-38-25)15-37-22-3-5-23(6-4-22)39(35,36)16-19(12-24(33)34)18-2-1-7-30-14-18/h1-7,10-11,13-14,19H,8-9,12,15-16H2,(H,31,32)(H,33,34). The molecule has 0 fully saturated rings. The Labute approximate surface area is 227 Å². The van der Waals surface area contributed by atoms with Crippen molar-refractivity contribution in [1.29, 1.82) is 0 Å². The molecule has 0 amide bonds. The van der Waals surface area contributed by atoms with E-state index in [-0.39, 0.29) is 34.9 Å². The van der Waals surface area contributed by atoms with Gasteiger partial charge in [-0.15, -0.1) is 0 Å². The van der Waals surface area contributed by atoms with E-state index in [1.807, 2.05) is 0 Å². The summed E-state index contributed by atoms with van der Waals surface area (Å²) < 4.78 is 72.0. The van der Waals surface area contributed by atoms with E-state index < -0.39 is 39.2 Å². The minimum atomic E-state index is -4.55. The first-order valence-electron chi connectivity index (χ1n) is 11.7. The van der Waals surface area contributed by atoms with E-state index in [2.05, 4.69) is 15.3 Å². The summed E-state index contributed by atoms with van der Waals surface area (Å²) >= 11 is 1.42. The largest absolute Gasteiger partial charge is 0.489 e. The number of alkyl halides is 3. The van der Waals surface area contributed by atoms with Crippen LogP contribution in [0.2, 0.25) is 0 Å². The molecule has 4 rings (SSSR count). The molecule has 2 heterocycles. The molecule has 0 aliphatic carbocycles. The predicted molar refractivity (Wildman–Crippen MR) is 142 cm³/mol. The smallest absolute Gasteiger partial charge is 0.416 e. The zero-order valence-corrected chi connectivity index (χ0v) is 22.0. The first-order valence-corrected chi connectivity index (χ1v) is 14.4. The van der Waals surface area contributed by atoms with Crippen molar-refractivity contribution in [2.75, 3.05) is 23.4 Å². The number of benzene rings is 2. The van der Waals surface area contributed by atoms with Gasteiger partial charge in [-0.3, -0.25) is 14.8 Å². The molecule has 206 valence electrons. The Morgan fingerprint density at radius 3 is 2.54 bits per heavy atom. The maximum absolute atomic E-state index is 13.5. The summed E-state index contributed by atoms with van der Waals surface area (Å²) in [6.07, 6.45) is -1.99. The van der Waals surface area contributed by atoms with Crippen LogP contribution in [0.1, 0.15) is 29.0 Å². The number of hydrogen-bond acceptors (Lipinski definition) is 8. The van der Waals surface area contributed by atoms with Gasteiger partial charge in [-0.05, 0) is 59.7 Å². The lowest BCUT2D eigenvalue weighted by Crippen LogP contribution is -2.18. The van der Waals surface area contributed by atoms with Crippen LogP contribution < -0.4 is 10.1 Å². The van der Waals surface area contributed by atoms with Gasteiger partial charge in [-0.2, -0.15) is 13.2 Å². The number of hydrogen-bond donors (Lipinski definition) is 2. The van der Waals surface area contributed by atoms with Gasteiger partial charge in [0.25, 0.3) is 0 Å². The Morgan fingerprint density at radius 2 is 1.92 bits per heavy atom. The molecule has 1 aliphatic rings. The molecule has 1 unspecified atom stereocenters. The van der Waals surface area contributed by atoms with Gasteiger partial charge in [0.2, 0.25) is 0 Å². The summed E-state index contributed by atoms with van der Waals surface area (Å²) in [5, 5.41) is 12.7. The van der Waals surface area contributed by atoms with Crippen molar-refractivity contribution in [3.8, 4) is 5.75 Å². The number of nitrogens with zero attached hydrogens (tertiary/aromatic N) is 2. The lowest BCUT2D eigenvalue weighted by atomic mass is 10.00. The zero-order valence-electron chi connectivity index (χ0n) is 20.4. The van der Waals surface area contributed by atoms with Crippen LogP contribution >= 0.6 is 11.8 Å². The van der Waals surface area contributed by atoms with Gasteiger partial charge in [0, 0.05) is 29.8 Å². The Kier molecular flexibility index (Phi) is 8.80. The number of rotatable bonds is 10. The second-order valence-corrected chi connectivity index (χ2v) is 11.8. The van der Waals surface area contributed by atoms with Crippen molar-refractivity contribution in [1.82, 2.24) is 4.98 Å². The topological polar surface area (TPSA) is 118 Å². The number of anilines is 1. The maximum atomic E-state index is 13.5. The summed E-state index contributed by atoms with van der Waals surface area (Å²) in [4.78, 5) is 19.4. The number of aliphatic carboxylic acids is 1. The molecule has 13 heteroatoms. The van der Waals surface area contributed by atoms with Crippen LogP contribution in [0.25, 0.3) is 0 Å². The second-order valence-electron chi connectivity index (χ2n) is 8.70. The lowest BCUT2D eigenvalue weighted by molar-refractivity contribution is -0.138. The molecular weight excluding hydrogens is 555 g/mol. The molecule has 2 N–H and O–H groups in total. The third kappa shape index (κ3) is 7.96. The van der Waals surface area contributed by atoms with Crippen molar-refractivity contribution in [3.05, 3.63) is 83.7 Å². The van der Waals surface area contributed by atoms with Crippen LogP contribution in [0, 0.1) is 0 Å². The lowest BCUT2D eigenvalue weighted by Gasteiger charge is -2.16. The van der Waals surface area contributed by atoms with Crippen LogP contribution in [0.4, 0.5) is 18.9 Å². The van der Waals surface area contributed by atoms with Gasteiger partial charge in [0.05, 0.1) is 29.2 Å². The number of halogens is 3. The number of amidine groups is 1. The van der Waals surface area contributed by atoms with E-state index in [1.165, 1.54) is 54.5 Å². The Bertz CT molecular complexity index is 1450. The Balaban J connectivity index is 1.46. The summed E-state index contributed by atoms with van der Waals surface area (Å²) in [6.45, 7) is 0.406. The SMILES string of the molecule is O=C(O)CC(CS(=O)(=O)c1ccc(OCc2cc(NC3=NCCS3)cc(C(F)(F)F)c2)cc1)c1cccnc1.